The van der Waals surface area contributed by atoms with E-state index >= 15 is 0 Å². The van der Waals surface area contributed by atoms with Crippen LogP contribution in [0, 0.1) is 5.92 Å². The summed E-state index contributed by atoms with van der Waals surface area (Å²) in [6.07, 6.45) is 0.737. The van der Waals surface area contributed by atoms with Gasteiger partial charge in [0.15, 0.2) is 0 Å². The maximum absolute atomic E-state index is 12.0. The zero-order valence-corrected chi connectivity index (χ0v) is 12.1. The van der Waals surface area contributed by atoms with E-state index in [-0.39, 0.29) is 11.8 Å². The van der Waals surface area contributed by atoms with Crippen molar-refractivity contribution in [2.24, 2.45) is 5.92 Å². The van der Waals surface area contributed by atoms with Crippen molar-refractivity contribution in [3.05, 3.63) is 32.8 Å². The van der Waals surface area contributed by atoms with Crippen molar-refractivity contribution in [2.45, 2.75) is 19.3 Å². The standard InChI is InChI=1S/C14H15Cl2NO2/c1-7(8-5-19-6-8)10-4-11(15)9-2-3-17-14(18)12(9)13(10)16/h4,7-8H,2-3,5-6H2,1H3,(H,17,18). The molecule has 1 aromatic rings. The number of carbonyl (C=O) groups is 1. The quantitative estimate of drug-likeness (QED) is 0.911. The topological polar surface area (TPSA) is 38.3 Å². The van der Waals surface area contributed by atoms with E-state index in [0.717, 1.165) is 30.8 Å². The van der Waals surface area contributed by atoms with Gasteiger partial charge < -0.3 is 10.1 Å². The zero-order chi connectivity index (χ0) is 13.6. The van der Waals surface area contributed by atoms with Gasteiger partial charge in [0.2, 0.25) is 0 Å². The Morgan fingerprint density at radius 1 is 1.42 bits per heavy atom. The van der Waals surface area contributed by atoms with Gasteiger partial charge in [-0.15, -0.1) is 0 Å². The second-order valence-electron chi connectivity index (χ2n) is 5.21. The van der Waals surface area contributed by atoms with Gasteiger partial charge in [-0.05, 0) is 29.5 Å². The van der Waals surface area contributed by atoms with Crippen LogP contribution in [0.5, 0.6) is 0 Å². The second kappa shape index (κ2) is 4.97. The fraction of sp³-hybridized carbons (Fsp3) is 0.500. The fourth-order valence-electron chi connectivity index (χ4n) is 2.68. The van der Waals surface area contributed by atoms with Gasteiger partial charge in [0, 0.05) is 17.5 Å². The molecule has 0 radical (unpaired) electrons. The van der Waals surface area contributed by atoms with Crippen molar-refractivity contribution in [3.63, 3.8) is 0 Å². The van der Waals surface area contributed by atoms with E-state index in [1.54, 1.807) is 0 Å². The van der Waals surface area contributed by atoms with Crippen LogP contribution in [0.1, 0.15) is 34.3 Å². The molecule has 1 atom stereocenters. The third-order valence-corrected chi connectivity index (χ3v) is 4.84. The highest BCUT2D eigenvalue weighted by Gasteiger charge is 2.31. The molecule has 1 saturated heterocycles. The number of amides is 1. The van der Waals surface area contributed by atoms with Crippen LogP contribution in [0.25, 0.3) is 0 Å². The smallest absolute Gasteiger partial charge is 0.253 e. The Kier molecular flexibility index (Phi) is 3.46. The molecule has 0 spiro atoms. The molecule has 2 aliphatic rings. The maximum atomic E-state index is 12.0. The minimum atomic E-state index is -0.118. The highest BCUT2D eigenvalue weighted by molar-refractivity contribution is 6.37. The molecule has 2 aliphatic heterocycles. The van der Waals surface area contributed by atoms with E-state index < -0.39 is 0 Å². The normalized spacial score (nSPS) is 20.5. The second-order valence-corrected chi connectivity index (χ2v) is 5.99. The van der Waals surface area contributed by atoms with Gasteiger partial charge in [0.1, 0.15) is 0 Å². The molecular weight excluding hydrogens is 285 g/mol. The highest BCUT2D eigenvalue weighted by atomic mass is 35.5. The third kappa shape index (κ3) is 2.14. The van der Waals surface area contributed by atoms with Gasteiger partial charge in [-0.2, -0.15) is 0 Å². The van der Waals surface area contributed by atoms with E-state index in [0.29, 0.717) is 28.1 Å². The fourth-order valence-corrected chi connectivity index (χ4v) is 3.41. The summed E-state index contributed by atoms with van der Waals surface area (Å²) in [5.41, 5.74) is 2.38. The first-order chi connectivity index (χ1) is 9.09. The summed E-state index contributed by atoms with van der Waals surface area (Å²) in [5.74, 6) is 0.587. The minimum Gasteiger partial charge on any atom is -0.381 e. The number of halogens is 2. The predicted molar refractivity (Wildman–Crippen MR) is 75.2 cm³/mol. The van der Waals surface area contributed by atoms with Gasteiger partial charge in [0.05, 0.1) is 23.8 Å². The largest absolute Gasteiger partial charge is 0.381 e. The van der Waals surface area contributed by atoms with E-state index in [1.165, 1.54) is 0 Å². The first kappa shape index (κ1) is 13.2. The monoisotopic (exact) mass is 299 g/mol. The van der Waals surface area contributed by atoms with Crippen LogP contribution in [-0.4, -0.2) is 25.7 Å². The molecule has 102 valence electrons. The molecule has 0 bridgehead atoms. The van der Waals surface area contributed by atoms with E-state index in [9.17, 15) is 4.79 Å². The molecule has 0 saturated carbocycles. The number of benzene rings is 1. The van der Waals surface area contributed by atoms with Crippen LogP contribution >= 0.6 is 23.2 Å². The molecule has 3 rings (SSSR count). The molecule has 5 heteroatoms. The average Bonchev–Trinajstić information content (AvgIpc) is 2.31. The summed E-state index contributed by atoms with van der Waals surface area (Å²) in [4.78, 5) is 12.0. The average molecular weight is 300 g/mol. The molecule has 1 aromatic carbocycles. The number of hydrogen-bond acceptors (Lipinski definition) is 2. The van der Waals surface area contributed by atoms with Crippen LogP contribution in [0.3, 0.4) is 0 Å². The molecular formula is C14H15Cl2NO2. The number of ether oxygens (including phenoxy) is 1. The lowest BCUT2D eigenvalue weighted by Gasteiger charge is -2.33. The summed E-state index contributed by atoms with van der Waals surface area (Å²) in [6.45, 7) is 4.22. The summed E-state index contributed by atoms with van der Waals surface area (Å²) in [6, 6.07) is 1.92. The van der Waals surface area contributed by atoms with Crippen molar-refractivity contribution in [1.82, 2.24) is 5.32 Å². The predicted octanol–water partition coefficient (Wildman–Crippen LogP) is 3.03. The Labute approximate surface area is 122 Å². The molecule has 1 unspecified atom stereocenters. The Balaban J connectivity index is 2.08. The molecule has 3 nitrogen and oxygen atoms in total. The number of carbonyl (C=O) groups excluding carboxylic acids is 1. The Bertz CT molecular complexity index is 541. The Morgan fingerprint density at radius 2 is 2.16 bits per heavy atom. The Morgan fingerprint density at radius 3 is 2.79 bits per heavy atom. The van der Waals surface area contributed by atoms with Gasteiger partial charge in [0.25, 0.3) is 5.91 Å². The lowest BCUT2D eigenvalue weighted by molar-refractivity contribution is -0.0423. The van der Waals surface area contributed by atoms with Crippen LogP contribution in [-0.2, 0) is 11.2 Å². The van der Waals surface area contributed by atoms with Crippen molar-refractivity contribution >= 4 is 29.1 Å². The summed E-state index contributed by atoms with van der Waals surface area (Å²) in [7, 11) is 0. The van der Waals surface area contributed by atoms with Crippen LogP contribution in [0.2, 0.25) is 10.0 Å². The van der Waals surface area contributed by atoms with Crippen molar-refractivity contribution in [2.75, 3.05) is 19.8 Å². The van der Waals surface area contributed by atoms with Crippen LogP contribution < -0.4 is 5.32 Å². The van der Waals surface area contributed by atoms with Gasteiger partial charge in [-0.3, -0.25) is 4.79 Å². The molecule has 19 heavy (non-hydrogen) atoms. The van der Waals surface area contributed by atoms with E-state index in [2.05, 4.69) is 12.2 Å². The molecule has 1 amide bonds. The van der Waals surface area contributed by atoms with Crippen molar-refractivity contribution in [1.29, 1.82) is 0 Å². The first-order valence-corrected chi connectivity index (χ1v) is 7.22. The van der Waals surface area contributed by atoms with Gasteiger partial charge in [-0.1, -0.05) is 30.1 Å². The number of hydrogen-bond donors (Lipinski definition) is 1. The Hall–Kier alpha value is -0.770. The summed E-state index contributed by atoms with van der Waals surface area (Å²) >= 11 is 12.8. The lowest BCUT2D eigenvalue weighted by atomic mass is 9.84. The van der Waals surface area contributed by atoms with E-state index in [1.807, 2.05) is 6.07 Å². The number of nitrogens with one attached hydrogen (secondary N) is 1. The van der Waals surface area contributed by atoms with Crippen molar-refractivity contribution in [3.8, 4) is 0 Å². The molecule has 1 fully saturated rings. The molecule has 2 heterocycles. The minimum absolute atomic E-state index is 0.118. The van der Waals surface area contributed by atoms with E-state index in [4.69, 9.17) is 27.9 Å². The van der Waals surface area contributed by atoms with Crippen LogP contribution in [0.4, 0.5) is 0 Å². The highest BCUT2D eigenvalue weighted by Crippen LogP contribution is 2.40. The molecule has 0 aromatic heterocycles. The SMILES string of the molecule is CC(c1cc(Cl)c2c(c1Cl)C(=O)NCC2)C1COC1. The molecule has 0 aliphatic carbocycles. The van der Waals surface area contributed by atoms with Crippen LogP contribution in [0.15, 0.2) is 6.07 Å². The lowest BCUT2D eigenvalue weighted by Crippen LogP contribution is -2.34. The van der Waals surface area contributed by atoms with Gasteiger partial charge >= 0.3 is 0 Å². The zero-order valence-electron chi connectivity index (χ0n) is 10.6. The number of rotatable bonds is 2. The summed E-state index contributed by atoms with van der Waals surface area (Å²) < 4.78 is 5.23. The maximum Gasteiger partial charge on any atom is 0.253 e. The molecule has 1 N–H and O–H groups in total. The number of fused-ring (bicyclic) bond motifs is 1. The summed E-state index contributed by atoms with van der Waals surface area (Å²) in [5, 5.41) is 4.02. The van der Waals surface area contributed by atoms with Crippen molar-refractivity contribution < 1.29 is 9.53 Å². The first-order valence-electron chi connectivity index (χ1n) is 6.46. The third-order valence-electron chi connectivity index (χ3n) is 4.09. The van der Waals surface area contributed by atoms with Gasteiger partial charge in [-0.25, -0.2) is 0 Å².